The van der Waals surface area contributed by atoms with E-state index < -0.39 is 0 Å². The monoisotopic (exact) mass is 357 g/mol. The van der Waals surface area contributed by atoms with Crippen LogP contribution < -0.4 is 0 Å². The summed E-state index contributed by atoms with van der Waals surface area (Å²) in [5.74, 6) is 1.20. The van der Waals surface area contributed by atoms with Gasteiger partial charge in [0, 0.05) is 23.5 Å². The molecular weight excluding hydrogens is 345 g/mol. The zero-order valence-corrected chi connectivity index (χ0v) is 14.1. The molecule has 0 spiro atoms. The highest BCUT2D eigenvalue weighted by molar-refractivity contribution is 7.98. The van der Waals surface area contributed by atoms with Gasteiger partial charge in [-0.05, 0) is 30.3 Å². The van der Waals surface area contributed by atoms with Crippen LogP contribution in [0, 0.1) is 5.82 Å². The van der Waals surface area contributed by atoms with Gasteiger partial charge in [-0.15, -0.1) is 11.3 Å². The number of aromatic nitrogens is 3. The van der Waals surface area contributed by atoms with Crippen molar-refractivity contribution in [3.05, 3.63) is 71.9 Å². The minimum atomic E-state index is -0.264. The van der Waals surface area contributed by atoms with E-state index in [1.807, 2.05) is 34.3 Å². The second kappa shape index (κ2) is 6.62. The molecule has 0 amide bonds. The fraction of sp³-hybridized carbons (Fsp3) is 0.0588. The summed E-state index contributed by atoms with van der Waals surface area (Å²) in [6, 6.07) is 10.2. The Morgan fingerprint density at radius 2 is 2.21 bits per heavy atom. The number of hydrogen-bond acceptors (Lipinski definition) is 5. The lowest BCUT2D eigenvalue weighted by molar-refractivity contribution is 0.581. The van der Waals surface area contributed by atoms with Crippen molar-refractivity contribution in [1.82, 2.24) is 14.5 Å². The molecule has 24 heavy (non-hydrogen) atoms. The number of thiazole rings is 1. The molecule has 3 aromatic heterocycles. The van der Waals surface area contributed by atoms with E-state index in [1.54, 1.807) is 41.6 Å². The van der Waals surface area contributed by atoms with Crippen LogP contribution in [-0.2, 0) is 5.75 Å². The van der Waals surface area contributed by atoms with E-state index in [0.717, 1.165) is 27.3 Å². The molecule has 1 aromatic carbocycles. The van der Waals surface area contributed by atoms with Gasteiger partial charge >= 0.3 is 0 Å². The van der Waals surface area contributed by atoms with Crippen LogP contribution in [0.3, 0.4) is 0 Å². The van der Waals surface area contributed by atoms with Crippen LogP contribution in [-0.4, -0.2) is 14.5 Å². The van der Waals surface area contributed by atoms with Crippen LogP contribution in [0.5, 0.6) is 0 Å². The van der Waals surface area contributed by atoms with Gasteiger partial charge < -0.3 is 4.42 Å². The molecule has 0 fully saturated rings. The van der Waals surface area contributed by atoms with E-state index in [2.05, 4.69) is 9.97 Å². The summed E-state index contributed by atoms with van der Waals surface area (Å²) >= 11 is 3.11. The highest BCUT2D eigenvalue weighted by atomic mass is 32.2. The molecule has 4 rings (SSSR count). The van der Waals surface area contributed by atoms with E-state index in [0.29, 0.717) is 5.75 Å². The first-order valence-corrected chi connectivity index (χ1v) is 9.06. The van der Waals surface area contributed by atoms with Gasteiger partial charge in [0.25, 0.3) is 0 Å². The van der Waals surface area contributed by atoms with Gasteiger partial charge in [-0.2, -0.15) is 0 Å². The fourth-order valence-electron chi connectivity index (χ4n) is 2.24. The van der Waals surface area contributed by atoms with E-state index in [1.165, 1.54) is 12.1 Å². The van der Waals surface area contributed by atoms with Gasteiger partial charge in [-0.25, -0.2) is 14.4 Å². The summed E-state index contributed by atoms with van der Waals surface area (Å²) in [7, 11) is 0. The van der Waals surface area contributed by atoms with Gasteiger partial charge in [0.2, 0.25) is 0 Å². The number of imidazole rings is 1. The second-order valence-electron chi connectivity index (χ2n) is 4.97. The molecule has 4 nitrogen and oxygen atoms in total. The average molecular weight is 357 g/mol. The Hall–Kier alpha value is -2.38. The summed E-state index contributed by atoms with van der Waals surface area (Å²) in [5, 5.41) is 3.68. The Morgan fingerprint density at radius 3 is 3.04 bits per heavy atom. The maximum absolute atomic E-state index is 13.4. The zero-order chi connectivity index (χ0) is 16.4. The predicted molar refractivity (Wildman–Crippen MR) is 92.9 cm³/mol. The number of halogens is 1. The molecule has 7 heteroatoms. The summed E-state index contributed by atoms with van der Waals surface area (Å²) in [6.45, 7) is 0. The molecule has 0 saturated carbocycles. The molecule has 4 aromatic rings. The third kappa shape index (κ3) is 3.13. The van der Waals surface area contributed by atoms with Crippen molar-refractivity contribution in [1.29, 1.82) is 0 Å². The maximum atomic E-state index is 13.4. The minimum absolute atomic E-state index is 0.264. The topological polar surface area (TPSA) is 43.9 Å². The molecule has 0 unspecified atom stereocenters. The van der Waals surface area contributed by atoms with Crippen molar-refractivity contribution in [2.24, 2.45) is 0 Å². The highest BCUT2D eigenvalue weighted by Crippen LogP contribution is 2.28. The Balaban J connectivity index is 1.50. The van der Waals surface area contributed by atoms with E-state index in [4.69, 9.17) is 4.42 Å². The molecule has 0 aliphatic rings. The third-order valence-electron chi connectivity index (χ3n) is 3.33. The molecule has 0 bridgehead atoms. The Labute approximate surface area is 146 Å². The molecule has 0 atom stereocenters. The molecule has 0 saturated heterocycles. The number of thioether (sulfide) groups is 1. The number of benzene rings is 1. The second-order valence-corrected chi connectivity index (χ2v) is 6.77. The van der Waals surface area contributed by atoms with Crippen LogP contribution in [0.1, 0.15) is 5.69 Å². The number of furan rings is 1. The first-order chi connectivity index (χ1) is 11.8. The van der Waals surface area contributed by atoms with Gasteiger partial charge in [0.05, 0.1) is 17.6 Å². The van der Waals surface area contributed by atoms with Crippen molar-refractivity contribution in [3.8, 4) is 16.5 Å². The average Bonchev–Trinajstić information content (AvgIpc) is 3.33. The van der Waals surface area contributed by atoms with Gasteiger partial charge in [0.1, 0.15) is 5.82 Å². The van der Waals surface area contributed by atoms with Crippen molar-refractivity contribution < 1.29 is 8.81 Å². The van der Waals surface area contributed by atoms with Gasteiger partial charge in [-0.3, -0.25) is 4.57 Å². The van der Waals surface area contributed by atoms with Crippen LogP contribution >= 0.6 is 23.1 Å². The van der Waals surface area contributed by atoms with Crippen LogP contribution in [0.2, 0.25) is 0 Å². The zero-order valence-electron chi connectivity index (χ0n) is 12.4. The van der Waals surface area contributed by atoms with Crippen LogP contribution in [0.4, 0.5) is 4.39 Å². The van der Waals surface area contributed by atoms with Crippen molar-refractivity contribution >= 4 is 23.1 Å². The smallest absolute Gasteiger partial charge is 0.172 e. The summed E-state index contributed by atoms with van der Waals surface area (Å²) in [4.78, 5) is 8.93. The van der Waals surface area contributed by atoms with Gasteiger partial charge in [0.15, 0.2) is 15.9 Å². The quantitative estimate of drug-likeness (QED) is 0.470. The number of nitrogens with zero attached hydrogens (tertiary/aromatic N) is 3. The lowest BCUT2D eigenvalue weighted by atomic mass is 10.3. The first kappa shape index (κ1) is 15.2. The van der Waals surface area contributed by atoms with Crippen molar-refractivity contribution in [2.75, 3.05) is 0 Å². The molecule has 0 aliphatic heterocycles. The largest absolute Gasteiger partial charge is 0.462 e. The molecular formula is C17H12FN3OS2. The van der Waals surface area contributed by atoms with Crippen molar-refractivity contribution in [2.45, 2.75) is 10.9 Å². The molecule has 0 radical (unpaired) electrons. The maximum Gasteiger partial charge on any atom is 0.172 e. The number of rotatable bonds is 5. The lowest BCUT2D eigenvalue weighted by Gasteiger charge is -2.06. The van der Waals surface area contributed by atoms with E-state index in [-0.39, 0.29) is 5.82 Å². The Morgan fingerprint density at radius 1 is 1.25 bits per heavy atom. The molecule has 0 N–H and O–H groups in total. The van der Waals surface area contributed by atoms with Crippen LogP contribution in [0.25, 0.3) is 16.5 Å². The minimum Gasteiger partial charge on any atom is -0.462 e. The van der Waals surface area contributed by atoms with E-state index >= 15 is 0 Å². The lowest BCUT2D eigenvalue weighted by Crippen LogP contribution is -1.96. The Bertz CT molecular complexity index is 946. The summed E-state index contributed by atoms with van der Waals surface area (Å²) in [5.41, 5.74) is 1.72. The molecule has 0 aliphatic carbocycles. The standard InChI is InChI=1S/C17H12FN3OS2/c18-12-3-1-4-14(9-12)21-7-6-19-17(21)24-11-13-10-23-16(20-13)15-5-2-8-22-15/h1-10H,11H2. The summed E-state index contributed by atoms with van der Waals surface area (Å²) < 4.78 is 20.6. The highest BCUT2D eigenvalue weighted by Gasteiger charge is 2.10. The SMILES string of the molecule is Fc1cccc(-n2ccnc2SCc2csc(-c3ccco3)n2)c1. The summed E-state index contributed by atoms with van der Waals surface area (Å²) in [6.07, 6.45) is 5.18. The molecule has 120 valence electrons. The normalized spacial score (nSPS) is 11.0. The predicted octanol–water partition coefficient (Wildman–Crippen LogP) is 5.02. The fourth-order valence-corrected chi connectivity index (χ4v) is 4.00. The third-order valence-corrected chi connectivity index (χ3v) is 5.23. The van der Waals surface area contributed by atoms with Gasteiger partial charge in [-0.1, -0.05) is 17.8 Å². The van der Waals surface area contributed by atoms with E-state index in [9.17, 15) is 4.39 Å². The first-order valence-electron chi connectivity index (χ1n) is 7.20. The Kier molecular flexibility index (Phi) is 4.18. The molecule has 3 heterocycles. The van der Waals surface area contributed by atoms with Crippen LogP contribution in [0.15, 0.2) is 70.0 Å². The van der Waals surface area contributed by atoms with Crippen molar-refractivity contribution in [3.63, 3.8) is 0 Å². The number of hydrogen-bond donors (Lipinski definition) is 0.